The van der Waals surface area contributed by atoms with Crippen LogP contribution in [0, 0.1) is 11.8 Å². The topological polar surface area (TPSA) is 43.1 Å². The Morgan fingerprint density at radius 2 is 1.41 bits per heavy atom. The van der Waals surface area contributed by atoms with E-state index in [0.29, 0.717) is 5.69 Å². The summed E-state index contributed by atoms with van der Waals surface area (Å²) in [7, 11) is 0. The first-order valence-electron chi connectivity index (χ1n) is 9.32. The minimum absolute atomic E-state index is 0.635. The predicted octanol–water partition coefficient (Wildman–Crippen LogP) is 4.86. The SMILES string of the molecule is C(#Cc1ccc(-c2c(-c3ccccc3)nn3ccccc23)nn1)c1ccccc1. The van der Waals surface area contributed by atoms with E-state index in [1.54, 1.807) is 0 Å². The molecule has 0 aliphatic carbocycles. The van der Waals surface area contributed by atoms with Crippen molar-refractivity contribution in [3.8, 4) is 34.4 Å². The maximum atomic E-state index is 4.78. The average Bonchev–Trinajstić information content (AvgIpc) is 3.19. The number of hydrogen-bond donors (Lipinski definition) is 0. The molecule has 0 unspecified atom stereocenters. The zero-order valence-corrected chi connectivity index (χ0v) is 15.5. The van der Waals surface area contributed by atoms with Crippen molar-refractivity contribution in [2.24, 2.45) is 0 Å². The van der Waals surface area contributed by atoms with Gasteiger partial charge in [-0.1, -0.05) is 60.5 Å². The molecule has 136 valence electrons. The predicted molar refractivity (Wildman–Crippen MR) is 114 cm³/mol. The summed E-state index contributed by atoms with van der Waals surface area (Å²) >= 11 is 0. The average molecular weight is 372 g/mol. The number of hydrogen-bond acceptors (Lipinski definition) is 3. The van der Waals surface area contributed by atoms with Crippen LogP contribution in [0.2, 0.25) is 0 Å². The summed E-state index contributed by atoms with van der Waals surface area (Å²) in [6.45, 7) is 0. The Labute approximate surface area is 168 Å². The smallest absolute Gasteiger partial charge is 0.136 e. The zero-order chi connectivity index (χ0) is 19.5. The van der Waals surface area contributed by atoms with Crippen LogP contribution in [0.1, 0.15) is 11.3 Å². The molecule has 5 aromatic rings. The standard InChI is InChI=1S/C25H16N4/c1-3-9-19(10-4-1)14-15-21-16-17-22(27-26-21)24-23-13-7-8-18-29(23)28-25(24)20-11-5-2-6-12-20/h1-13,16-18H. The number of pyridine rings is 1. The Morgan fingerprint density at radius 3 is 2.17 bits per heavy atom. The summed E-state index contributed by atoms with van der Waals surface area (Å²) in [6.07, 6.45) is 1.94. The molecule has 0 saturated heterocycles. The van der Waals surface area contributed by atoms with Gasteiger partial charge in [0.15, 0.2) is 0 Å². The van der Waals surface area contributed by atoms with Crippen molar-refractivity contribution in [1.82, 2.24) is 19.8 Å². The monoisotopic (exact) mass is 372 g/mol. The van der Waals surface area contributed by atoms with Crippen molar-refractivity contribution in [2.45, 2.75) is 0 Å². The fraction of sp³-hybridized carbons (Fsp3) is 0. The molecule has 0 radical (unpaired) electrons. The molecule has 5 rings (SSSR count). The number of nitrogens with zero attached hydrogens (tertiary/aromatic N) is 4. The number of fused-ring (bicyclic) bond motifs is 1. The van der Waals surface area contributed by atoms with E-state index < -0.39 is 0 Å². The van der Waals surface area contributed by atoms with Gasteiger partial charge in [0.1, 0.15) is 11.4 Å². The summed E-state index contributed by atoms with van der Waals surface area (Å²) < 4.78 is 1.88. The van der Waals surface area contributed by atoms with E-state index in [4.69, 9.17) is 5.10 Å². The van der Waals surface area contributed by atoms with E-state index in [9.17, 15) is 0 Å². The summed E-state index contributed by atoms with van der Waals surface area (Å²) in [5.74, 6) is 6.19. The summed E-state index contributed by atoms with van der Waals surface area (Å²) in [5, 5.41) is 13.6. The minimum Gasteiger partial charge on any atom is -0.240 e. The van der Waals surface area contributed by atoms with Crippen LogP contribution in [-0.4, -0.2) is 19.8 Å². The normalized spacial score (nSPS) is 10.5. The zero-order valence-electron chi connectivity index (χ0n) is 15.5. The second kappa shape index (κ2) is 7.41. The molecule has 0 atom stereocenters. The first kappa shape index (κ1) is 16.9. The summed E-state index contributed by atoms with van der Waals surface area (Å²) in [6, 6.07) is 29.8. The molecule has 0 bridgehead atoms. The van der Waals surface area contributed by atoms with E-state index in [-0.39, 0.29) is 0 Å². The Kier molecular flexibility index (Phi) is 4.32. The van der Waals surface area contributed by atoms with E-state index in [1.165, 1.54) is 0 Å². The Balaban J connectivity index is 1.58. The molecule has 0 amide bonds. The van der Waals surface area contributed by atoms with Crippen molar-refractivity contribution in [2.75, 3.05) is 0 Å². The molecule has 3 heterocycles. The summed E-state index contributed by atoms with van der Waals surface area (Å²) in [4.78, 5) is 0. The van der Waals surface area contributed by atoms with Gasteiger partial charge in [-0.05, 0) is 42.3 Å². The van der Waals surface area contributed by atoms with Gasteiger partial charge in [0.2, 0.25) is 0 Å². The lowest BCUT2D eigenvalue weighted by atomic mass is 10.0. The van der Waals surface area contributed by atoms with E-state index in [2.05, 4.69) is 34.2 Å². The highest BCUT2D eigenvalue weighted by Crippen LogP contribution is 2.33. The number of aromatic nitrogens is 4. The van der Waals surface area contributed by atoms with E-state index in [0.717, 1.165) is 33.6 Å². The van der Waals surface area contributed by atoms with E-state index >= 15 is 0 Å². The van der Waals surface area contributed by atoms with Crippen LogP contribution in [0.3, 0.4) is 0 Å². The van der Waals surface area contributed by atoms with Gasteiger partial charge in [-0.25, -0.2) is 4.52 Å². The second-order valence-electron chi connectivity index (χ2n) is 6.54. The first-order chi connectivity index (χ1) is 14.4. The van der Waals surface area contributed by atoms with Gasteiger partial charge in [-0.15, -0.1) is 10.2 Å². The van der Waals surface area contributed by atoms with Crippen molar-refractivity contribution in [1.29, 1.82) is 0 Å². The molecule has 0 aliphatic rings. The number of rotatable bonds is 2. The lowest BCUT2D eigenvalue weighted by Crippen LogP contribution is -1.92. The van der Waals surface area contributed by atoms with Crippen LogP contribution >= 0.6 is 0 Å². The largest absolute Gasteiger partial charge is 0.240 e. The van der Waals surface area contributed by atoms with Crippen molar-refractivity contribution in [3.05, 3.63) is 108 Å². The van der Waals surface area contributed by atoms with Gasteiger partial charge in [-0.3, -0.25) is 0 Å². The molecule has 4 heteroatoms. The quantitative estimate of drug-likeness (QED) is 0.416. The molecular formula is C25H16N4. The molecule has 29 heavy (non-hydrogen) atoms. The molecule has 0 N–H and O–H groups in total. The van der Waals surface area contributed by atoms with Crippen LogP contribution in [0.15, 0.2) is 97.2 Å². The van der Waals surface area contributed by atoms with Gasteiger partial charge in [-0.2, -0.15) is 5.10 Å². The van der Waals surface area contributed by atoms with Gasteiger partial charge < -0.3 is 0 Å². The molecular weight excluding hydrogens is 356 g/mol. The molecule has 3 aromatic heterocycles. The lowest BCUT2D eigenvalue weighted by Gasteiger charge is -2.02. The maximum absolute atomic E-state index is 4.78. The molecule has 0 spiro atoms. The Hall–Kier alpha value is -4.23. The van der Waals surface area contributed by atoms with Crippen molar-refractivity contribution in [3.63, 3.8) is 0 Å². The third-order valence-electron chi connectivity index (χ3n) is 4.62. The van der Waals surface area contributed by atoms with Gasteiger partial charge >= 0.3 is 0 Å². The maximum Gasteiger partial charge on any atom is 0.136 e. The van der Waals surface area contributed by atoms with Crippen LogP contribution < -0.4 is 0 Å². The minimum atomic E-state index is 0.635. The Bertz CT molecular complexity index is 1330. The fourth-order valence-electron chi connectivity index (χ4n) is 3.24. The second-order valence-corrected chi connectivity index (χ2v) is 6.54. The highest BCUT2D eigenvalue weighted by atomic mass is 15.2. The Morgan fingerprint density at radius 1 is 0.655 bits per heavy atom. The molecule has 4 nitrogen and oxygen atoms in total. The highest BCUT2D eigenvalue weighted by molar-refractivity contribution is 5.90. The molecule has 0 aliphatic heterocycles. The fourth-order valence-corrected chi connectivity index (χ4v) is 3.24. The van der Waals surface area contributed by atoms with Crippen molar-refractivity contribution < 1.29 is 0 Å². The molecule has 0 saturated carbocycles. The third-order valence-corrected chi connectivity index (χ3v) is 4.62. The van der Waals surface area contributed by atoms with Gasteiger partial charge in [0.05, 0.1) is 16.8 Å². The van der Waals surface area contributed by atoms with Crippen LogP contribution in [0.5, 0.6) is 0 Å². The van der Waals surface area contributed by atoms with Crippen LogP contribution in [0.4, 0.5) is 0 Å². The molecule has 0 fully saturated rings. The van der Waals surface area contributed by atoms with Gasteiger partial charge in [0, 0.05) is 17.3 Å². The highest BCUT2D eigenvalue weighted by Gasteiger charge is 2.17. The van der Waals surface area contributed by atoms with Crippen molar-refractivity contribution >= 4 is 5.52 Å². The lowest BCUT2D eigenvalue weighted by molar-refractivity contribution is 0.966. The third kappa shape index (κ3) is 3.38. The molecule has 2 aromatic carbocycles. The van der Waals surface area contributed by atoms with Crippen LogP contribution in [-0.2, 0) is 0 Å². The summed E-state index contributed by atoms with van der Waals surface area (Å²) in [5.41, 5.74) is 6.24. The van der Waals surface area contributed by atoms with E-state index in [1.807, 2.05) is 89.6 Å². The van der Waals surface area contributed by atoms with Crippen LogP contribution in [0.25, 0.3) is 28.0 Å². The van der Waals surface area contributed by atoms with Gasteiger partial charge in [0.25, 0.3) is 0 Å². The first-order valence-corrected chi connectivity index (χ1v) is 9.32. The number of benzene rings is 2.